The van der Waals surface area contributed by atoms with Gasteiger partial charge in [-0.1, -0.05) is 33.6 Å². The van der Waals surface area contributed by atoms with E-state index < -0.39 is 0 Å². The molecule has 2 N–H and O–H groups in total. The lowest BCUT2D eigenvalue weighted by Crippen LogP contribution is -2.51. The minimum Gasteiger partial charge on any atom is -0.365 e. The fourth-order valence-electron chi connectivity index (χ4n) is 3.58. The summed E-state index contributed by atoms with van der Waals surface area (Å²) >= 11 is 0. The Bertz CT molecular complexity index is 341. The Balaban J connectivity index is 0.00000242. The maximum absolute atomic E-state index is 12.5. The van der Waals surface area contributed by atoms with E-state index in [1.54, 1.807) is 0 Å². The molecule has 1 aliphatic carbocycles. The quantitative estimate of drug-likeness (QED) is 0.814. The fourth-order valence-corrected chi connectivity index (χ4v) is 3.58. The number of ether oxygens (including phenoxy) is 1. The molecule has 1 saturated heterocycles. The molecular formula is C17H33ClN2O2. The Morgan fingerprint density at radius 1 is 1.32 bits per heavy atom. The lowest BCUT2D eigenvalue weighted by Gasteiger charge is -2.33. The number of piperidine rings is 1. The van der Waals surface area contributed by atoms with Gasteiger partial charge in [0.05, 0.1) is 6.10 Å². The number of amides is 1. The average Bonchev–Trinajstić information content (AvgIpc) is 2.47. The van der Waals surface area contributed by atoms with Crippen LogP contribution >= 0.6 is 12.4 Å². The van der Waals surface area contributed by atoms with Crippen molar-refractivity contribution in [1.29, 1.82) is 0 Å². The summed E-state index contributed by atoms with van der Waals surface area (Å²) in [4.78, 5) is 12.5. The van der Waals surface area contributed by atoms with Gasteiger partial charge in [0.15, 0.2) is 0 Å². The summed E-state index contributed by atoms with van der Waals surface area (Å²) in [6.45, 7) is 8.51. The summed E-state index contributed by atoms with van der Waals surface area (Å²) in [7, 11) is 0. The van der Waals surface area contributed by atoms with Gasteiger partial charge in [0, 0.05) is 6.04 Å². The molecule has 22 heavy (non-hydrogen) atoms. The normalized spacial score (nSPS) is 33.6. The zero-order valence-electron chi connectivity index (χ0n) is 14.3. The largest absolute Gasteiger partial charge is 0.365 e. The van der Waals surface area contributed by atoms with Gasteiger partial charge in [0.1, 0.15) is 6.10 Å². The van der Waals surface area contributed by atoms with Crippen molar-refractivity contribution in [2.75, 3.05) is 13.1 Å². The van der Waals surface area contributed by atoms with Crippen molar-refractivity contribution in [3.05, 3.63) is 0 Å². The van der Waals surface area contributed by atoms with Gasteiger partial charge in [-0.15, -0.1) is 12.4 Å². The summed E-state index contributed by atoms with van der Waals surface area (Å²) in [6, 6.07) is 0.293. The summed E-state index contributed by atoms with van der Waals surface area (Å²) < 4.78 is 6.12. The summed E-state index contributed by atoms with van der Waals surface area (Å²) in [5, 5.41) is 6.59. The molecule has 0 radical (unpaired) electrons. The molecule has 1 heterocycles. The molecule has 0 aromatic carbocycles. The molecule has 2 rings (SSSR count). The first-order valence-electron chi connectivity index (χ1n) is 8.76. The van der Waals surface area contributed by atoms with E-state index in [0.29, 0.717) is 12.0 Å². The first-order chi connectivity index (χ1) is 10.1. The molecule has 2 fully saturated rings. The van der Waals surface area contributed by atoms with E-state index in [-0.39, 0.29) is 30.5 Å². The van der Waals surface area contributed by atoms with Crippen LogP contribution in [0.15, 0.2) is 0 Å². The fraction of sp³-hybridized carbons (Fsp3) is 0.941. The Labute approximate surface area is 141 Å². The van der Waals surface area contributed by atoms with Crippen molar-refractivity contribution in [3.8, 4) is 0 Å². The molecule has 0 bridgehead atoms. The van der Waals surface area contributed by atoms with Crippen molar-refractivity contribution in [1.82, 2.24) is 10.6 Å². The molecule has 5 atom stereocenters. The number of halogens is 1. The average molecular weight is 333 g/mol. The second-order valence-corrected chi connectivity index (χ2v) is 7.01. The number of carbonyl (C=O) groups excluding carboxylic acids is 1. The third-order valence-electron chi connectivity index (χ3n) is 5.02. The van der Waals surface area contributed by atoms with Crippen LogP contribution in [0, 0.1) is 11.8 Å². The lowest BCUT2D eigenvalue weighted by atomic mass is 9.88. The molecule has 4 nitrogen and oxygen atoms in total. The second-order valence-electron chi connectivity index (χ2n) is 7.01. The smallest absolute Gasteiger partial charge is 0.249 e. The lowest BCUT2D eigenvalue weighted by molar-refractivity contribution is -0.140. The third kappa shape index (κ3) is 5.71. The Hall–Kier alpha value is -0.320. The van der Waals surface area contributed by atoms with Gasteiger partial charge in [0.25, 0.3) is 0 Å². The van der Waals surface area contributed by atoms with Crippen LogP contribution < -0.4 is 10.6 Å². The van der Waals surface area contributed by atoms with Crippen molar-refractivity contribution >= 4 is 18.3 Å². The zero-order valence-corrected chi connectivity index (χ0v) is 15.1. The van der Waals surface area contributed by atoms with Crippen LogP contribution in [0.1, 0.15) is 59.3 Å². The minimum atomic E-state index is -0.276. The van der Waals surface area contributed by atoms with E-state index in [4.69, 9.17) is 4.74 Å². The molecule has 130 valence electrons. The van der Waals surface area contributed by atoms with Crippen LogP contribution in [0.3, 0.4) is 0 Å². The Morgan fingerprint density at radius 3 is 2.73 bits per heavy atom. The highest BCUT2D eigenvalue weighted by molar-refractivity contribution is 5.85. The predicted octanol–water partition coefficient (Wildman–Crippen LogP) is 2.90. The number of nitrogens with one attached hydrogen (secondary N) is 2. The van der Waals surface area contributed by atoms with Crippen molar-refractivity contribution in [2.45, 2.75) is 77.5 Å². The molecular weight excluding hydrogens is 300 g/mol. The van der Waals surface area contributed by atoms with Gasteiger partial charge < -0.3 is 15.4 Å². The highest BCUT2D eigenvalue weighted by Gasteiger charge is 2.29. The van der Waals surface area contributed by atoms with Crippen molar-refractivity contribution in [3.63, 3.8) is 0 Å². The van der Waals surface area contributed by atoms with E-state index in [1.165, 1.54) is 12.8 Å². The van der Waals surface area contributed by atoms with Gasteiger partial charge in [-0.2, -0.15) is 0 Å². The van der Waals surface area contributed by atoms with Crippen LogP contribution in [-0.4, -0.2) is 37.2 Å². The van der Waals surface area contributed by atoms with E-state index in [0.717, 1.165) is 44.7 Å². The first kappa shape index (κ1) is 19.7. The minimum absolute atomic E-state index is 0. The first-order valence-corrected chi connectivity index (χ1v) is 8.76. The number of rotatable bonds is 5. The van der Waals surface area contributed by atoms with Crippen molar-refractivity contribution in [2.24, 2.45) is 11.8 Å². The SMILES string of the molecule is CCC(OC1CCCC(C)C1)C(=O)NC1CCNCC1C.Cl. The predicted molar refractivity (Wildman–Crippen MR) is 92.4 cm³/mol. The second kappa shape index (κ2) is 9.74. The molecule has 0 aromatic rings. The molecule has 0 aromatic heterocycles. The van der Waals surface area contributed by atoms with Crippen LogP contribution in [0.25, 0.3) is 0 Å². The molecule has 1 amide bonds. The molecule has 2 aliphatic rings. The Kier molecular flexibility index (Phi) is 8.73. The summed E-state index contributed by atoms with van der Waals surface area (Å²) in [6.07, 6.45) is 6.52. The van der Waals surface area contributed by atoms with Crippen LogP contribution in [0.5, 0.6) is 0 Å². The van der Waals surface area contributed by atoms with Gasteiger partial charge in [-0.25, -0.2) is 0 Å². The van der Waals surface area contributed by atoms with E-state index >= 15 is 0 Å². The molecule has 5 heteroatoms. The third-order valence-corrected chi connectivity index (χ3v) is 5.02. The zero-order chi connectivity index (χ0) is 15.2. The monoisotopic (exact) mass is 332 g/mol. The topological polar surface area (TPSA) is 50.4 Å². The summed E-state index contributed by atoms with van der Waals surface area (Å²) in [5.74, 6) is 1.32. The van der Waals surface area contributed by atoms with Crippen molar-refractivity contribution < 1.29 is 9.53 Å². The Morgan fingerprint density at radius 2 is 2.09 bits per heavy atom. The molecule has 1 aliphatic heterocycles. The van der Waals surface area contributed by atoms with E-state index in [1.807, 2.05) is 6.92 Å². The molecule has 1 saturated carbocycles. The van der Waals surface area contributed by atoms with Gasteiger partial charge >= 0.3 is 0 Å². The number of hydrogen-bond donors (Lipinski definition) is 2. The van der Waals surface area contributed by atoms with Crippen LogP contribution in [-0.2, 0) is 9.53 Å². The standard InChI is InChI=1S/C17H32N2O2.ClH/c1-4-16(21-14-7-5-6-12(2)10-14)17(20)19-15-8-9-18-11-13(15)3;/h12-16,18H,4-11H2,1-3H3,(H,19,20);1H. The van der Waals surface area contributed by atoms with E-state index in [9.17, 15) is 4.79 Å². The number of carbonyl (C=O) groups is 1. The van der Waals surface area contributed by atoms with Gasteiger partial charge in [0.2, 0.25) is 5.91 Å². The van der Waals surface area contributed by atoms with Gasteiger partial charge in [-0.3, -0.25) is 4.79 Å². The maximum atomic E-state index is 12.5. The molecule has 0 spiro atoms. The molecule has 5 unspecified atom stereocenters. The maximum Gasteiger partial charge on any atom is 0.249 e. The summed E-state index contributed by atoms with van der Waals surface area (Å²) in [5.41, 5.74) is 0. The number of hydrogen-bond acceptors (Lipinski definition) is 3. The van der Waals surface area contributed by atoms with E-state index in [2.05, 4.69) is 24.5 Å². The van der Waals surface area contributed by atoms with Crippen LogP contribution in [0.2, 0.25) is 0 Å². The van der Waals surface area contributed by atoms with Crippen LogP contribution in [0.4, 0.5) is 0 Å². The highest BCUT2D eigenvalue weighted by Crippen LogP contribution is 2.27. The highest BCUT2D eigenvalue weighted by atomic mass is 35.5. The van der Waals surface area contributed by atoms with Gasteiger partial charge in [-0.05, 0) is 50.6 Å².